The van der Waals surface area contributed by atoms with Gasteiger partial charge in [0, 0.05) is 11.3 Å². The van der Waals surface area contributed by atoms with Gasteiger partial charge in [-0.25, -0.2) is 9.59 Å². The number of esters is 2. The van der Waals surface area contributed by atoms with Gasteiger partial charge < -0.3 is 19.9 Å². The largest absolute Gasteiger partial charge is 0.492 e. The molecule has 1 aromatic carbocycles. The number of carbonyl (C=O) groups excluding carboxylic acids is 2. The van der Waals surface area contributed by atoms with Gasteiger partial charge in [-0.05, 0) is 43.3 Å². The Morgan fingerprint density at radius 1 is 1.09 bits per heavy atom. The maximum absolute atomic E-state index is 12.5. The summed E-state index contributed by atoms with van der Waals surface area (Å²) in [6, 6.07) is 7.37. The van der Waals surface area contributed by atoms with E-state index in [1.165, 1.54) is 11.8 Å². The molecule has 0 saturated carbocycles. The first-order valence-electron chi connectivity index (χ1n) is 9.90. The van der Waals surface area contributed by atoms with E-state index in [4.69, 9.17) is 19.9 Å². The van der Waals surface area contributed by atoms with Crippen molar-refractivity contribution in [3.8, 4) is 11.4 Å². The van der Waals surface area contributed by atoms with Gasteiger partial charge in [-0.15, -0.1) is 16.4 Å². The van der Waals surface area contributed by atoms with Crippen molar-refractivity contribution in [1.29, 1.82) is 0 Å². The molecule has 10 nitrogen and oxygen atoms in total. The van der Waals surface area contributed by atoms with Crippen LogP contribution in [-0.4, -0.2) is 52.0 Å². The zero-order chi connectivity index (χ0) is 23.1. The summed E-state index contributed by atoms with van der Waals surface area (Å²) in [5.74, 6) is -0.304. The predicted octanol–water partition coefficient (Wildman–Crippen LogP) is 3.35. The van der Waals surface area contributed by atoms with Crippen molar-refractivity contribution in [1.82, 2.24) is 20.2 Å². The lowest BCUT2D eigenvalue weighted by atomic mass is 10.1. The van der Waals surface area contributed by atoms with Gasteiger partial charge in [0.25, 0.3) is 0 Å². The highest BCUT2D eigenvalue weighted by Gasteiger charge is 2.28. The number of nitrogens with two attached hydrogens (primary N) is 1. The van der Waals surface area contributed by atoms with Crippen LogP contribution in [-0.2, 0) is 15.2 Å². The van der Waals surface area contributed by atoms with Crippen LogP contribution in [0.4, 0.5) is 5.00 Å². The second-order valence-corrected chi connectivity index (χ2v) is 8.15. The van der Waals surface area contributed by atoms with E-state index in [0.717, 1.165) is 11.3 Å². The van der Waals surface area contributed by atoms with E-state index in [1.807, 2.05) is 31.2 Å². The minimum absolute atomic E-state index is 0.168. The lowest BCUT2D eigenvalue weighted by molar-refractivity contribution is 0.0527. The summed E-state index contributed by atoms with van der Waals surface area (Å²) >= 11 is 2.25. The van der Waals surface area contributed by atoms with Crippen LogP contribution in [0.15, 0.2) is 29.4 Å². The van der Waals surface area contributed by atoms with Gasteiger partial charge in [0.1, 0.15) is 21.3 Å². The average molecular weight is 478 g/mol. The fourth-order valence-electron chi connectivity index (χ4n) is 2.88. The zero-order valence-corrected chi connectivity index (χ0v) is 19.5. The van der Waals surface area contributed by atoms with E-state index >= 15 is 0 Å². The number of para-hydroxylation sites is 2. The Morgan fingerprint density at radius 2 is 1.81 bits per heavy atom. The molecule has 12 heteroatoms. The number of ether oxygens (including phenoxy) is 3. The molecule has 0 unspecified atom stereocenters. The first kappa shape index (κ1) is 23.5. The standard InChI is InChI=1S/C20H23N5O5S2/c1-4-28-14-10-8-7-9-13(14)25-20(22-23-24-25)31-11-12-15(18(26)29-5-2)17(21)32-16(12)19(27)30-6-3/h7-10H,4-6,11,21H2,1-3H3. The Hall–Kier alpha value is -3.12. The number of nitrogens with zero attached hydrogens (tertiary/aromatic N) is 4. The normalized spacial score (nSPS) is 10.7. The van der Waals surface area contributed by atoms with Crippen molar-refractivity contribution < 1.29 is 23.8 Å². The summed E-state index contributed by atoms with van der Waals surface area (Å²) in [7, 11) is 0. The van der Waals surface area contributed by atoms with Crippen LogP contribution < -0.4 is 10.5 Å². The Labute approximate surface area is 193 Å². The lowest BCUT2D eigenvalue weighted by Crippen LogP contribution is -2.11. The first-order chi connectivity index (χ1) is 15.5. The van der Waals surface area contributed by atoms with Gasteiger partial charge in [0.15, 0.2) is 0 Å². The number of carbonyl (C=O) groups is 2. The second-order valence-electron chi connectivity index (χ2n) is 6.15. The van der Waals surface area contributed by atoms with Crippen molar-refractivity contribution in [3.05, 3.63) is 40.3 Å². The minimum atomic E-state index is -0.589. The Bertz CT molecular complexity index is 1100. The molecule has 0 amide bonds. The molecule has 0 atom stereocenters. The molecule has 2 heterocycles. The maximum Gasteiger partial charge on any atom is 0.348 e. The summed E-state index contributed by atoms with van der Waals surface area (Å²) in [4.78, 5) is 25.3. The lowest BCUT2D eigenvalue weighted by Gasteiger charge is -2.11. The van der Waals surface area contributed by atoms with Crippen LogP contribution in [0.1, 0.15) is 46.4 Å². The molecule has 3 rings (SSSR count). The van der Waals surface area contributed by atoms with E-state index in [2.05, 4.69) is 15.5 Å². The number of thiophene rings is 1. The number of anilines is 1. The fraction of sp³-hybridized carbons (Fsp3) is 0.350. The molecule has 2 N–H and O–H groups in total. The summed E-state index contributed by atoms with van der Waals surface area (Å²) < 4.78 is 17.5. The van der Waals surface area contributed by atoms with Gasteiger partial charge in [-0.1, -0.05) is 23.9 Å². The smallest absolute Gasteiger partial charge is 0.348 e. The third-order valence-electron chi connectivity index (χ3n) is 4.15. The minimum Gasteiger partial charge on any atom is -0.492 e. The van der Waals surface area contributed by atoms with Crippen LogP contribution in [0.25, 0.3) is 5.69 Å². The Kier molecular flexibility index (Phi) is 8.06. The average Bonchev–Trinajstić information content (AvgIpc) is 3.37. The second kappa shape index (κ2) is 11.0. The van der Waals surface area contributed by atoms with Crippen molar-refractivity contribution in [2.75, 3.05) is 25.6 Å². The van der Waals surface area contributed by atoms with E-state index in [9.17, 15) is 9.59 Å². The number of hydrogen-bond acceptors (Lipinski definition) is 11. The van der Waals surface area contributed by atoms with Crippen molar-refractivity contribution in [2.45, 2.75) is 31.7 Å². The monoisotopic (exact) mass is 477 g/mol. The van der Waals surface area contributed by atoms with E-state index in [1.54, 1.807) is 18.5 Å². The Morgan fingerprint density at radius 3 is 2.53 bits per heavy atom. The molecule has 3 aromatic rings. The van der Waals surface area contributed by atoms with Gasteiger partial charge in [-0.3, -0.25) is 0 Å². The molecule has 32 heavy (non-hydrogen) atoms. The van der Waals surface area contributed by atoms with E-state index < -0.39 is 11.9 Å². The highest BCUT2D eigenvalue weighted by Crippen LogP contribution is 2.37. The molecular weight excluding hydrogens is 454 g/mol. The third-order valence-corrected chi connectivity index (χ3v) is 6.14. The molecule has 2 aromatic heterocycles. The van der Waals surface area contributed by atoms with Gasteiger partial charge in [-0.2, -0.15) is 4.68 Å². The molecule has 0 radical (unpaired) electrons. The van der Waals surface area contributed by atoms with Crippen molar-refractivity contribution in [3.63, 3.8) is 0 Å². The van der Waals surface area contributed by atoms with Crippen LogP contribution in [0.3, 0.4) is 0 Å². The molecule has 0 fully saturated rings. The van der Waals surface area contributed by atoms with Gasteiger partial charge in [0.2, 0.25) is 5.16 Å². The summed E-state index contributed by atoms with van der Waals surface area (Å²) in [6.07, 6.45) is 0. The number of tetrazole rings is 1. The van der Waals surface area contributed by atoms with E-state index in [-0.39, 0.29) is 34.4 Å². The van der Waals surface area contributed by atoms with Crippen LogP contribution >= 0.6 is 23.1 Å². The molecule has 170 valence electrons. The van der Waals surface area contributed by atoms with E-state index in [0.29, 0.717) is 28.8 Å². The molecule has 0 spiro atoms. The predicted molar refractivity (Wildman–Crippen MR) is 121 cm³/mol. The van der Waals surface area contributed by atoms with Crippen LogP contribution in [0.2, 0.25) is 0 Å². The number of nitrogen functional groups attached to an aromatic ring is 1. The Balaban J connectivity index is 1.95. The molecule has 0 aliphatic heterocycles. The zero-order valence-electron chi connectivity index (χ0n) is 17.9. The molecule has 0 saturated heterocycles. The number of rotatable bonds is 10. The number of aromatic nitrogens is 4. The first-order valence-corrected chi connectivity index (χ1v) is 11.7. The van der Waals surface area contributed by atoms with Gasteiger partial charge in [0.05, 0.1) is 25.4 Å². The summed E-state index contributed by atoms with van der Waals surface area (Å²) in [5, 5.41) is 12.6. The number of thioether (sulfide) groups is 1. The van der Waals surface area contributed by atoms with Crippen LogP contribution in [0.5, 0.6) is 5.75 Å². The molecular formula is C20H23N5O5S2. The van der Waals surface area contributed by atoms with Crippen molar-refractivity contribution >= 4 is 40.0 Å². The number of benzene rings is 1. The third kappa shape index (κ3) is 5.02. The number of hydrogen-bond donors (Lipinski definition) is 1. The van der Waals surface area contributed by atoms with Crippen molar-refractivity contribution in [2.24, 2.45) is 0 Å². The van der Waals surface area contributed by atoms with Gasteiger partial charge >= 0.3 is 11.9 Å². The fourth-order valence-corrected chi connectivity index (χ4v) is 4.85. The summed E-state index contributed by atoms with van der Waals surface area (Å²) in [6.45, 7) is 6.17. The summed E-state index contributed by atoms with van der Waals surface area (Å²) in [5.41, 5.74) is 7.34. The molecule has 0 aliphatic carbocycles. The molecule has 0 bridgehead atoms. The highest BCUT2D eigenvalue weighted by molar-refractivity contribution is 7.98. The molecule has 0 aliphatic rings. The topological polar surface area (TPSA) is 131 Å². The van der Waals surface area contributed by atoms with Crippen LogP contribution in [0, 0.1) is 0 Å². The SMILES string of the molecule is CCOC(=O)c1sc(N)c(C(=O)OCC)c1CSc1nnnn1-c1ccccc1OCC. The quantitative estimate of drug-likeness (QED) is 0.342. The maximum atomic E-state index is 12.5. The highest BCUT2D eigenvalue weighted by atomic mass is 32.2.